The van der Waals surface area contributed by atoms with E-state index in [0.717, 1.165) is 12.2 Å². The average Bonchev–Trinajstić information content (AvgIpc) is 2.76. The highest BCUT2D eigenvalue weighted by atomic mass is 16.5. The molecule has 0 N–H and O–H groups in total. The van der Waals surface area contributed by atoms with Crippen LogP contribution in [0.4, 0.5) is 5.69 Å². The van der Waals surface area contributed by atoms with E-state index in [1.165, 1.54) is 10.5 Å². The summed E-state index contributed by atoms with van der Waals surface area (Å²) in [6, 6.07) is 8.15. The van der Waals surface area contributed by atoms with Crippen molar-refractivity contribution in [1.82, 2.24) is 4.90 Å². The topological polar surface area (TPSA) is 49.9 Å². The van der Waals surface area contributed by atoms with Crippen molar-refractivity contribution >= 4 is 17.6 Å². The number of esters is 1. The smallest absolute Gasteiger partial charge is 0.325 e. The second-order valence-corrected chi connectivity index (χ2v) is 5.40. The van der Waals surface area contributed by atoms with E-state index in [-0.39, 0.29) is 25.0 Å². The fraction of sp³-hybridized carbons (Fsp3) is 0.500. The van der Waals surface area contributed by atoms with Gasteiger partial charge in [0.15, 0.2) is 0 Å². The maximum atomic E-state index is 12.2. The molecule has 21 heavy (non-hydrogen) atoms. The molecule has 0 saturated heterocycles. The average molecular weight is 290 g/mol. The minimum Gasteiger partial charge on any atom is -0.465 e. The summed E-state index contributed by atoms with van der Waals surface area (Å²) in [5.41, 5.74) is 2.39. The van der Waals surface area contributed by atoms with Gasteiger partial charge < -0.3 is 14.5 Å². The van der Waals surface area contributed by atoms with Crippen molar-refractivity contribution in [1.29, 1.82) is 0 Å². The first-order valence-electron chi connectivity index (χ1n) is 7.26. The molecule has 114 valence electrons. The van der Waals surface area contributed by atoms with Gasteiger partial charge in [0.25, 0.3) is 0 Å². The van der Waals surface area contributed by atoms with Crippen LogP contribution in [0.15, 0.2) is 24.3 Å². The first-order chi connectivity index (χ1) is 10.0. The molecule has 0 fully saturated rings. The molecule has 0 radical (unpaired) electrons. The lowest BCUT2D eigenvalue weighted by Crippen LogP contribution is -2.40. The van der Waals surface area contributed by atoms with Crippen LogP contribution in [-0.2, 0) is 14.3 Å². The zero-order valence-electron chi connectivity index (χ0n) is 12.8. The number of carbonyl (C=O) groups excluding carboxylic acids is 2. The molecular weight excluding hydrogens is 268 g/mol. The van der Waals surface area contributed by atoms with Crippen molar-refractivity contribution in [3.8, 4) is 0 Å². The van der Waals surface area contributed by atoms with Crippen molar-refractivity contribution in [3.05, 3.63) is 29.8 Å². The summed E-state index contributed by atoms with van der Waals surface area (Å²) in [7, 11) is 1.63. The molecule has 1 atom stereocenters. The first kappa shape index (κ1) is 15.4. The zero-order chi connectivity index (χ0) is 15.4. The SMILES string of the molecule is CCOC(=O)CN(C)C(=O)CN1CC(C)c2ccccc21. The molecule has 1 unspecified atom stereocenters. The van der Waals surface area contributed by atoms with Crippen molar-refractivity contribution in [2.75, 3.05) is 38.2 Å². The van der Waals surface area contributed by atoms with E-state index in [2.05, 4.69) is 17.9 Å². The number of ether oxygens (including phenoxy) is 1. The quantitative estimate of drug-likeness (QED) is 0.773. The van der Waals surface area contributed by atoms with E-state index >= 15 is 0 Å². The highest BCUT2D eigenvalue weighted by Gasteiger charge is 2.27. The number of nitrogens with zero attached hydrogens (tertiary/aromatic N) is 2. The van der Waals surface area contributed by atoms with Crippen LogP contribution < -0.4 is 4.90 Å². The van der Waals surface area contributed by atoms with Gasteiger partial charge >= 0.3 is 5.97 Å². The second-order valence-electron chi connectivity index (χ2n) is 5.40. The van der Waals surface area contributed by atoms with E-state index < -0.39 is 0 Å². The van der Waals surface area contributed by atoms with Gasteiger partial charge in [0.2, 0.25) is 5.91 Å². The van der Waals surface area contributed by atoms with Gasteiger partial charge in [0.1, 0.15) is 6.54 Å². The van der Waals surface area contributed by atoms with E-state index in [9.17, 15) is 9.59 Å². The summed E-state index contributed by atoms with van der Waals surface area (Å²) in [4.78, 5) is 27.1. The predicted molar refractivity (Wildman–Crippen MR) is 81.3 cm³/mol. The van der Waals surface area contributed by atoms with Crippen molar-refractivity contribution in [3.63, 3.8) is 0 Å². The lowest BCUT2D eigenvalue weighted by Gasteiger charge is -2.23. The third-order valence-electron chi connectivity index (χ3n) is 3.73. The molecule has 1 amide bonds. The number of hydrogen-bond acceptors (Lipinski definition) is 4. The predicted octanol–water partition coefficient (Wildman–Crippen LogP) is 1.63. The van der Waals surface area contributed by atoms with Crippen LogP contribution in [-0.4, -0.2) is 50.1 Å². The number of amides is 1. The minimum atomic E-state index is -0.372. The number of anilines is 1. The molecule has 0 saturated carbocycles. The summed E-state index contributed by atoms with van der Waals surface area (Å²) in [6.45, 7) is 5.36. The van der Waals surface area contributed by atoms with Gasteiger partial charge in [-0.3, -0.25) is 9.59 Å². The Kier molecular flexibility index (Phi) is 4.83. The maximum absolute atomic E-state index is 12.2. The molecule has 1 heterocycles. The van der Waals surface area contributed by atoms with Crippen LogP contribution >= 0.6 is 0 Å². The Morgan fingerprint density at radius 3 is 2.81 bits per heavy atom. The highest BCUT2D eigenvalue weighted by Crippen LogP contribution is 2.35. The molecule has 5 heteroatoms. The van der Waals surface area contributed by atoms with Gasteiger partial charge in [0.05, 0.1) is 13.2 Å². The Bertz CT molecular complexity index is 530. The Balaban J connectivity index is 1.96. The Morgan fingerprint density at radius 2 is 2.10 bits per heavy atom. The lowest BCUT2D eigenvalue weighted by atomic mass is 10.0. The summed E-state index contributed by atoms with van der Waals surface area (Å²) in [5, 5.41) is 0. The van der Waals surface area contributed by atoms with Crippen LogP contribution in [0.1, 0.15) is 25.3 Å². The molecule has 0 aromatic heterocycles. The van der Waals surface area contributed by atoms with E-state index in [1.54, 1.807) is 14.0 Å². The van der Waals surface area contributed by atoms with Crippen molar-refractivity contribution in [2.45, 2.75) is 19.8 Å². The Morgan fingerprint density at radius 1 is 1.38 bits per heavy atom. The molecule has 1 aliphatic rings. The largest absolute Gasteiger partial charge is 0.465 e. The monoisotopic (exact) mass is 290 g/mol. The van der Waals surface area contributed by atoms with Crippen LogP contribution in [0.25, 0.3) is 0 Å². The summed E-state index contributed by atoms with van der Waals surface area (Å²) < 4.78 is 4.86. The van der Waals surface area contributed by atoms with E-state index in [4.69, 9.17) is 4.74 Å². The Hall–Kier alpha value is -2.04. The third-order valence-corrected chi connectivity index (χ3v) is 3.73. The lowest BCUT2D eigenvalue weighted by molar-refractivity contribution is -0.147. The molecular formula is C16H22N2O3. The molecule has 1 aromatic rings. The van der Waals surface area contributed by atoms with Crippen LogP contribution in [0, 0.1) is 0 Å². The number of benzene rings is 1. The summed E-state index contributed by atoms with van der Waals surface area (Å²) >= 11 is 0. The van der Waals surface area contributed by atoms with Gasteiger partial charge in [-0.25, -0.2) is 0 Å². The number of likely N-dealkylation sites (N-methyl/N-ethyl adjacent to an activating group) is 1. The zero-order valence-corrected chi connectivity index (χ0v) is 12.8. The van der Waals surface area contributed by atoms with Crippen molar-refractivity contribution in [2.24, 2.45) is 0 Å². The van der Waals surface area contributed by atoms with E-state index in [0.29, 0.717) is 12.5 Å². The van der Waals surface area contributed by atoms with Gasteiger partial charge in [-0.05, 0) is 18.6 Å². The second kappa shape index (κ2) is 6.61. The van der Waals surface area contributed by atoms with Gasteiger partial charge in [-0.2, -0.15) is 0 Å². The number of fused-ring (bicyclic) bond motifs is 1. The van der Waals surface area contributed by atoms with Gasteiger partial charge in [-0.15, -0.1) is 0 Å². The minimum absolute atomic E-state index is 0.00227. The molecule has 1 aromatic carbocycles. The summed E-state index contributed by atoms with van der Waals surface area (Å²) in [5.74, 6) is -0.0279. The van der Waals surface area contributed by atoms with E-state index in [1.807, 2.05) is 18.2 Å². The fourth-order valence-electron chi connectivity index (χ4n) is 2.64. The number of rotatable bonds is 5. The van der Waals surface area contributed by atoms with Crippen molar-refractivity contribution < 1.29 is 14.3 Å². The third kappa shape index (κ3) is 3.54. The van der Waals surface area contributed by atoms with Crippen LogP contribution in [0.3, 0.4) is 0 Å². The standard InChI is InChI=1S/C16H22N2O3/c1-4-21-16(20)11-17(3)15(19)10-18-9-12(2)13-7-5-6-8-14(13)18/h5-8,12H,4,9-11H2,1-3H3. The summed E-state index contributed by atoms with van der Waals surface area (Å²) in [6.07, 6.45) is 0. The molecule has 0 bridgehead atoms. The molecule has 1 aliphatic heterocycles. The normalized spacial score (nSPS) is 16.5. The number of hydrogen-bond donors (Lipinski definition) is 0. The first-order valence-corrected chi connectivity index (χ1v) is 7.26. The fourth-order valence-corrected chi connectivity index (χ4v) is 2.64. The highest BCUT2D eigenvalue weighted by molar-refractivity contribution is 5.85. The van der Waals surface area contributed by atoms with Crippen LogP contribution in [0.2, 0.25) is 0 Å². The molecule has 0 aliphatic carbocycles. The maximum Gasteiger partial charge on any atom is 0.325 e. The van der Waals surface area contributed by atoms with Gasteiger partial charge in [-0.1, -0.05) is 25.1 Å². The number of carbonyl (C=O) groups is 2. The molecule has 0 spiro atoms. The number of para-hydroxylation sites is 1. The van der Waals surface area contributed by atoms with Crippen LogP contribution in [0.5, 0.6) is 0 Å². The Labute approximate surface area is 125 Å². The van der Waals surface area contributed by atoms with Gasteiger partial charge in [0, 0.05) is 25.2 Å². The molecule has 2 rings (SSSR count). The molecule has 5 nitrogen and oxygen atoms in total.